The number of halogens is 1. The Bertz CT molecular complexity index is 107. The fraction of sp³-hybridized carbons (Fsp3) is 0.571. The second kappa shape index (κ2) is 7.79. The Morgan fingerprint density at radius 3 is 2.00 bits per heavy atom. The van der Waals surface area contributed by atoms with Gasteiger partial charge in [-0.25, -0.2) is 0 Å². The molecule has 0 aliphatic carbocycles. The molecule has 0 aromatic heterocycles. The summed E-state index contributed by atoms with van der Waals surface area (Å²) in [5.41, 5.74) is 1.84. The molecule has 1 atom stereocenters. The first-order chi connectivity index (χ1) is 3.98. The van der Waals surface area contributed by atoms with E-state index in [4.69, 9.17) is 4.43 Å². The van der Waals surface area contributed by atoms with Crippen LogP contribution in [0.1, 0.15) is 13.8 Å². The topological polar surface area (TPSA) is 9.23 Å². The maximum Gasteiger partial charge on any atom is 2.00 e. The van der Waals surface area contributed by atoms with Gasteiger partial charge in [-0.15, -0.1) is 12.3 Å². The van der Waals surface area contributed by atoms with Crippen LogP contribution < -0.4 is 17.0 Å². The van der Waals surface area contributed by atoms with Crippen molar-refractivity contribution in [3.63, 3.8) is 0 Å². The van der Waals surface area contributed by atoms with E-state index in [1.807, 2.05) is 26.1 Å². The molecule has 4 heteroatoms. The standard InChI is InChI=1S/C7H15OSi.BrH.Mg/c1-6-9(4,5)8-7(2)3;;/h6-7H,1,4H2,2-3,5H3;1H;/q-1;;+2/p-1. The molecule has 0 aliphatic heterocycles. The van der Waals surface area contributed by atoms with Crippen LogP contribution in [0.3, 0.4) is 0 Å². The van der Waals surface area contributed by atoms with Crippen molar-refractivity contribution in [3.8, 4) is 0 Å². The third kappa shape index (κ3) is 11.2. The van der Waals surface area contributed by atoms with Crippen molar-refractivity contribution in [3.05, 3.63) is 18.8 Å². The summed E-state index contributed by atoms with van der Waals surface area (Å²) in [5.74, 6) is 0. The summed E-state index contributed by atoms with van der Waals surface area (Å²) in [6.07, 6.45) is 0.275. The summed E-state index contributed by atoms with van der Waals surface area (Å²) >= 11 is 0. The molecule has 11 heavy (non-hydrogen) atoms. The van der Waals surface area contributed by atoms with E-state index in [0.29, 0.717) is 0 Å². The molecule has 0 fully saturated rings. The predicted octanol–water partition coefficient (Wildman–Crippen LogP) is -1.29. The van der Waals surface area contributed by atoms with Crippen molar-refractivity contribution in [2.75, 3.05) is 0 Å². The van der Waals surface area contributed by atoms with Crippen molar-refractivity contribution >= 4 is 31.4 Å². The Hall–Kier alpha value is 1.16. The minimum absolute atomic E-state index is 0. The summed E-state index contributed by atoms with van der Waals surface area (Å²) < 4.78 is 5.50. The third-order valence-corrected chi connectivity index (χ3v) is 2.81. The van der Waals surface area contributed by atoms with Gasteiger partial charge in [-0.1, -0.05) is 6.55 Å². The molecule has 0 heterocycles. The summed E-state index contributed by atoms with van der Waals surface area (Å²) in [7, 11) is -1.73. The van der Waals surface area contributed by atoms with E-state index >= 15 is 0 Å². The molecule has 0 radical (unpaired) electrons. The fourth-order valence-electron chi connectivity index (χ4n) is 0.587. The zero-order valence-corrected chi connectivity index (χ0v) is 11.6. The molecule has 1 nitrogen and oxygen atoms in total. The van der Waals surface area contributed by atoms with E-state index in [2.05, 4.69) is 13.1 Å². The number of hydrogen-bond donors (Lipinski definition) is 0. The summed E-state index contributed by atoms with van der Waals surface area (Å²) in [6, 6.07) is 0. The van der Waals surface area contributed by atoms with Crippen LogP contribution in [0, 0.1) is 6.55 Å². The molecule has 0 aromatic rings. The van der Waals surface area contributed by atoms with Gasteiger partial charge in [-0.2, -0.15) is 0 Å². The van der Waals surface area contributed by atoms with Gasteiger partial charge in [-0.05, 0) is 13.8 Å². The van der Waals surface area contributed by atoms with E-state index < -0.39 is 8.32 Å². The van der Waals surface area contributed by atoms with Crippen LogP contribution in [0.5, 0.6) is 0 Å². The summed E-state index contributed by atoms with van der Waals surface area (Å²) in [6.45, 7) is 13.6. The quantitative estimate of drug-likeness (QED) is 0.445. The van der Waals surface area contributed by atoms with Crippen molar-refractivity contribution < 1.29 is 21.4 Å². The van der Waals surface area contributed by atoms with Crippen LogP contribution in [0.2, 0.25) is 6.55 Å². The van der Waals surface area contributed by atoms with Gasteiger partial charge in [0.05, 0.1) is 8.32 Å². The van der Waals surface area contributed by atoms with Gasteiger partial charge >= 0.3 is 23.1 Å². The van der Waals surface area contributed by atoms with E-state index in [1.54, 1.807) is 0 Å². The Balaban J connectivity index is -0.000000320. The zero-order valence-electron chi connectivity index (χ0n) is 7.56. The molecule has 62 valence electrons. The summed E-state index contributed by atoms with van der Waals surface area (Å²) in [5, 5.41) is 0. The maximum absolute atomic E-state index is 5.50. The van der Waals surface area contributed by atoms with Crippen LogP contribution >= 0.6 is 0 Å². The molecule has 0 spiro atoms. The van der Waals surface area contributed by atoms with Crippen LogP contribution in [0.4, 0.5) is 0 Å². The Morgan fingerprint density at radius 1 is 1.55 bits per heavy atom. The second-order valence-electron chi connectivity index (χ2n) is 2.68. The third-order valence-electron chi connectivity index (χ3n) is 0.937. The van der Waals surface area contributed by atoms with Gasteiger partial charge in [0.25, 0.3) is 0 Å². The predicted molar refractivity (Wildman–Crippen MR) is 49.1 cm³/mol. The van der Waals surface area contributed by atoms with E-state index in [-0.39, 0.29) is 46.1 Å². The van der Waals surface area contributed by atoms with Crippen LogP contribution in [0.25, 0.3) is 0 Å². The fourth-order valence-corrected chi connectivity index (χ4v) is 1.76. The van der Waals surface area contributed by atoms with Crippen molar-refractivity contribution in [1.82, 2.24) is 0 Å². The summed E-state index contributed by atoms with van der Waals surface area (Å²) in [4.78, 5) is 0. The molecule has 1 unspecified atom stereocenters. The van der Waals surface area contributed by atoms with Gasteiger partial charge in [0.1, 0.15) is 0 Å². The normalized spacial score (nSPS) is 14.3. The van der Waals surface area contributed by atoms with Gasteiger partial charge in [0, 0.05) is 6.10 Å². The monoisotopic (exact) mass is 246 g/mol. The first-order valence-corrected chi connectivity index (χ1v) is 5.84. The molecular weight excluding hydrogens is 232 g/mol. The Kier molecular flexibility index (Phi) is 12.8. The molecular formula is C7H15BrMgOSi. The number of rotatable bonds is 3. The molecule has 0 saturated carbocycles. The minimum atomic E-state index is -1.73. The van der Waals surface area contributed by atoms with E-state index in [0.717, 1.165) is 0 Å². The molecule has 0 saturated heterocycles. The van der Waals surface area contributed by atoms with Gasteiger partial charge in [0.15, 0.2) is 0 Å². The smallest absolute Gasteiger partial charge is 1.00 e. The van der Waals surface area contributed by atoms with Crippen LogP contribution in [-0.4, -0.2) is 37.5 Å². The largest absolute Gasteiger partial charge is 2.00 e. The Morgan fingerprint density at radius 2 is 1.91 bits per heavy atom. The second-order valence-corrected chi connectivity index (χ2v) is 5.95. The van der Waals surface area contributed by atoms with Crippen molar-refractivity contribution in [2.45, 2.75) is 26.5 Å². The first kappa shape index (κ1) is 18.1. The van der Waals surface area contributed by atoms with Gasteiger partial charge < -0.3 is 28.0 Å². The first-order valence-electron chi connectivity index (χ1n) is 3.15. The SMILES string of the molecule is C=C[Si]([CH2-])(C)OC(C)C.[Br-].[Mg+2]. The molecule has 0 N–H and O–H groups in total. The average Bonchev–Trinajstić information content (AvgIpc) is 1.63. The van der Waals surface area contributed by atoms with Crippen LogP contribution in [0.15, 0.2) is 12.3 Å². The van der Waals surface area contributed by atoms with Gasteiger partial charge in [-0.3, -0.25) is 0 Å². The maximum atomic E-state index is 5.50. The Labute approximate surface area is 97.6 Å². The minimum Gasteiger partial charge on any atom is -1.00 e. The molecule has 0 aliphatic rings. The van der Waals surface area contributed by atoms with Gasteiger partial charge in [0.2, 0.25) is 0 Å². The van der Waals surface area contributed by atoms with Crippen LogP contribution in [-0.2, 0) is 4.43 Å². The van der Waals surface area contributed by atoms with Crippen molar-refractivity contribution in [1.29, 1.82) is 0 Å². The average molecular weight is 247 g/mol. The van der Waals surface area contributed by atoms with E-state index in [9.17, 15) is 0 Å². The van der Waals surface area contributed by atoms with E-state index in [1.165, 1.54) is 0 Å². The molecule has 0 rings (SSSR count). The zero-order chi connectivity index (χ0) is 7.49. The molecule has 0 aromatic carbocycles. The molecule has 0 bridgehead atoms. The van der Waals surface area contributed by atoms with Crippen molar-refractivity contribution in [2.24, 2.45) is 0 Å². The number of hydrogen-bond acceptors (Lipinski definition) is 1. The molecule has 0 amide bonds.